The second-order valence-electron chi connectivity index (χ2n) is 4.25. The second-order valence-corrected chi connectivity index (χ2v) is 5.17. The minimum atomic E-state index is -0.566. The zero-order chi connectivity index (χ0) is 15.6. The predicted molar refractivity (Wildman–Crippen MR) is 78.2 cm³/mol. The van der Waals surface area contributed by atoms with Crippen LogP contribution in [0.25, 0.3) is 0 Å². The van der Waals surface area contributed by atoms with Crippen molar-refractivity contribution >= 4 is 21.8 Å². The summed E-state index contributed by atoms with van der Waals surface area (Å²) < 4.78 is 19.8. The predicted octanol–water partition coefficient (Wildman–Crippen LogP) is 2.88. The molecule has 1 aromatic carbocycles. The van der Waals surface area contributed by atoms with E-state index in [9.17, 15) is 4.39 Å². The quantitative estimate of drug-likeness (QED) is 0.382. The van der Waals surface area contributed by atoms with Gasteiger partial charge in [-0.05, 0) is 37.6 Å². The van der Waals surface area contributed by atoms with E-state index in [1.165, 1.54) is 12.1 Å². The molecule has 2 aromatic rings. The number of rotatable bonds is 3. The van der Waals surface area contributed by atoms with E-state index in [0.29, 0.717) is 15.7 Å². The Kier molecular flexibility index (Phi) is 4.37. The van der Waals surface area contributed by atoms with Crippen LogP contribution in [-0.4, -0.2) is 21.2 Å². The molecule has 0 saturated carbocycles. The average Bonchev–Trinajstić information content (AvgIpc) is 2.46. The van der Waals surface area contributed by atoms with Gasteiger partial charge in [0.2, 0.25) is 5.88 Å². The number of aromatic nitrogens is 2. The topological polar surface area (TPSA) is 93.6 Å². The first-order valence-corrected chi connectivity index (χ1v) is 6.68. The highest BCUT2D eigenvalue weighted by molar-refractivity contribution is 9.10. The molecule has 0 aliphatic heterocycles. The molecule has 110 valence electrons. The number of amidine groups is 1. The van der Waals surface area contributed by atoms with Crippen LogP contribution in [0.1, 0.15) is 16.8 Å². The third-order valence-electron chi connectivity index (χ3n) is 2.89. The molecular formula is C13H12BrFN4O2. The van der Waals surface area contributed by atoms with Crippen LogP contribution in [0.5, 0.6) is 11.6 Å². The number of nitrogens with zero attached hydrogens (tertiary/aromatic N) is 3. The van der Waals surface area contributed by atoms with Crippen molar-refractivity contribution in [3.05, 3.63) is 45.3 Å². The monoisotopic (exact) mass is 354 g/mol. The lowest BCUT2D eigenvalue weighted by molar-refractivity contribution is 0.318. The SMILES string of the molecule is Cc1nnc(Oc2cc(Br)ccc2F)c(/C(N)=N/O)c1C. The van der Waals surface area contributed by atoms with Crippen LogP contribution < -0.4 is 10.5 Å². The molecule has 0 aliphatic carbocycles. The van der Waals surface area contributed by atoms with Gasteiger partial charge in [-0.1, -0.05) is 21.1 Å². The molecule has 2 rings (SSSR count). The molecule has 1 heterocycles. The first-order valence-electron chi connectivity index (χ1n) is 5.88. The van der Waals surface area contributed by atoms with Crippen molar-refractivity contribution in [1.82, 2.24) is 10.2 Å². The molecule has 21 heavy (non-hydrogen) atoms. The van der Waals surface area contributed by atoms with Gasteiger partial charge in [0.25, 0.3) is 0 Å². The number of benzene rings is 1. The Balaban J connectivity index is 2.54. The van der Waals surface area contributed by atoms with E-state index >= 15 is 0 Å². The summed E-state index contributed by atoms with van der Waals surface area (Å²) >= 11 is 3.23. The highest BCUT2D eigenvalue weighted by atomic mass is 79.9. The Morgan fingerprint density at radius 2 is 2.10 bits per heavy atom. The molecule has 0 unspecified atom stereocenters. The summed E-state index contributed by atoms with van der Waals surface area (Å²) in [7, 11) is 0. The maximum absolute atomic E-state index is 13.7. The largest absolute Gasteiger partial charge is 0.434 e. The first-order chi connectivity index (χ1) is 9.93. The average molecular weight is 355 g/mol. The second kappa shape index (κ2) is 6.04. The molecule has 0 saturated heterocycles. The molecule has 0 fully saturated rings. The van der Waals surface area contributed by atoms with Gasteiger partial charge in [-0.15, -0.1) is 5.10 Å². The van der Waals surface area contributed by atoms with Crippen LogP contribution in [-0.2, 0) is 0 Å². The normalized spacial score (nSPS) is 11.5. The van der Waals surface area contributed by atoms with Gasteiger partial charge in [-0.3, -0.25) is 0 Å². The van der Waals surface area contributed by atoms with E-state index in [4.69, 9.17) is 15.7 Å². The van der Waals surface area contributed by atoms with E-state index in [1.54, 1.807) is 19.9 Å². The number of aryl methyl sites for hydroxylation is 1. The number of halogens is 2. The maximum Gasteiger partial charge on any atom is 0.250 e. The van der Waals surface area contributed by atoms with Gasteiger partial charge < -0.3 is 15.7 Å². The lowest BCUT2D eigenvalue weighted by atomic mass is 10.1. The summed E-state index contributed by atoms with van der Waals surface area (Å²) in [5.41, 5.74) is 7.13. The number of hydrogen-bond acceptors (Lipinski definition) is 5. The molecule has 3 N–H and O–H groups in total. The Labute approximate surface area is 128 Å². The Morgan fingerprint density at radius 1 is 1.38 bits per heavy atom. The van der Waals surface area contributed by atoms with Crippen LogP contribution in [0.4, 0.5) is 4.39 Å². The van der Waals surface area contributed by atoms with Gasteiger partial charge in [0.15, 0.2) is 17.4 Å². The van der Waals surface area contributed by atoms with Gasteiger partial charge in [0, 0.05) is 4.47 Å². The third kappa shape index (κ3) is 3.10. The standard InChI is InChI=1S/C13H12BrFN4O2/c1-6-7(2)17-18-13(11(6)12(16)19-20)21-10-5-8(14)3-4-9(10)15/h3-5,20H,1-2H3,(H2,16,19). The fourth-order valence-electron chi connectivity index (χ4n) is 1.67. The molecule has 0 atom stereocenters. The molecule has 0 radical (unpaired) electrons. The first kappa shape index (κ1) is 15.2. The Hall–Kier alpha value is -2.22. The van der Waals surface area contributed by atoms with Gasteiger partial charge in [0.05, 0.1) is 11.3 Å². The lowest BCUT2D eigenvalue weighted by Crippen LogP contribution is -2.18. The van der Waals surface area contributed by atoms with Crippen LogP contribution in [0.2, 0.25) is 0 Å². The van der Waals surface area contributed by atoms with E-state index in [0.717, 1.165) is 0 Å². The lowest BCUT2D eigenvalue weighted by Gasteiger charge is -2.12. The van der Waals surface area contributed by atoms with Crippen molar-refractivity contribution in [1.29, 1.82) is 0 Å². The molecule has 1 aromatic heterocycles. The van der Waals surface area contributed by atoms with Crippen molar-refractivity contribution in [2.45, 2.75) is 13.8 Å². The fourth-order valence-corrected chi connectivity index (χ4v) is 2.01. The van der Waals surface area contributed by atoms with Gasteiger partial charge in [0.1, 0.15) is 0 Å². The molecule has 0 aliphatic rings. The zero-order valence-electron chi connectivity index (χ0n) is 11.3. The minimum Gasteiger partial charge on any atom is -0.434 e. The number of oxime groups is 1. The van der Waals surface area contributed by atoms with E-state index < -0.39 is 5.82 Å². The van der Waals surface area contributed by atoms with Crippen molar-refractivity contribution in [2.24, 2.45) is 10.9 Å². The Bertz CT molecular complexity index is 722. The van der Waals surface area contributed by atoms with Crippen LogP contribution in [0.15, 0.2) is 27.8 Å². The van der Waals surface area contributed by atoms with Gasteiger partial charge >= 0.3 is 0 Å². The number of hydrogen-bond donors (Lipinski definition) is 2. The zero-order valence-corrected chi connectivity index (χ0v) is 12.8. The summed E-state index contributed by atoms with van der Waals surface area (Å²) in [6, 6.07) is 4.23. The van der Waals surface area contributed by atoms with E-state index in [-0.39, 0.29) is 23.0 Å². The summed E-state index contributed by atoms with van der Waals surface area (Å²) in [6.45, 7) is 3.45. The highest BCUT2D eigenvalue weighted by Crippen LogP contribution is 2.29. The van der Waals surface area contributed by atoms with Crippen LogP contribution in [0, 0.1) is 19.7 Å². The molecule has 0 amide bonds. The highest BCUT2D eigenvalue weighted by Gasteiger charge is 2.18. The van der Waals surface area contributed by atoms with Crippen molar-refractivity contribution < 1.29 is 14.3 Å². The summed E-state index contributed by atoms with van der Waals surface area (Å²) in [5, 5.41) is 19.6. The van der Waals surface area contributed by atoms with Crippen LogP contribution >= 0.6 is 15.9 Å². The van der Waals surface area contributed by atoms with Crippen molar-refractivity contribution in [2.75, 3.05) is 0 Å². The van der Waals surface area contributed by atoms with Crippen molar-refractivity contribution in [3.63, 3.8) is 0 Å². The van der Waals surface area contributed by atoms with Gasteiger partial charge in [-0.25, -0.2) is 4.39 Å². The summed E-state index contributed by atoms with van der Waals surface area (Å²) in [5.74, 6) is -0.834. The number of ether oxygens (including phenoxy) is 1. The van der Waals surface area contributed by atoms with Gasteiger partial charge in [-0.2, -0.15) is 5.10 Å². The fraction of sp³-hybridized carbons (Fsp3) is 0.154. The summed E-state index contributed by atoms with van der Waals surface area (Å²) in [6.07, 6.45) is 0. The maximum atomic E-state index is 13.7. The molecule has 6 nitrogen and oxygen atoms in total. The number of nitrogens with two attached hydrogens (primary N) is 1. The molecular weight excluding hydrogens is 343 g/mol. The van der Waals surface area contributed by atoms with E-state index in [1.807, 2.05) is 0 Å². The third-order valence-corrected chi connectivity index (χ3v) is 3.38. The minimum absolute atomic E-state index is 0.0367. The summed E-state index contributed by atoms with van der Waals surface area (Å²) in [4.78, 5) is 0. The van der Waals surface area contributed by atoms with Crippen LogP contribution in [0.3, 0.4) is 0 Å². The molecule has 8 heteroatoms. The van der Waals surface area contributed by atoms with E-state index in [2.05, 4.69) is 31.3 Å². The smallest absolute Gasteiger partial charge is 0.250 e. The molecule has 0 spiro atoms. The van der Waals surface area contributed by atoms with Crippen molar-refractivity contribution in [3.8, 4) is 11.6 Å². The Morgan fingerprint density at radius 3 is 2.76 bits per heavy atom. The molecule has 0 bridgehead atoms.